The minimum Gasteiger partial charge on any atom is -0.440 e. The Morgan fingerprint density at radius 1 is 1.50 bits per heavy atom. The number of benzene rings is 1. The van der Waals surface area contributed by atoms with E-state index in [0.717, 1.165) is 10.0 Å². The van der Waals surface area contributed by atoms with Crippen molar-refractivity contribution in [3.8, 4) is 0 Å². The lowest BCUT2D eigenvalue weighted by molar-refractivity contribution is 0.144. The number of hydrogen-bond acceptors (Lipinski definition) is 2. The van der Waals surface area contributed by atoms with Crippen LogP contribution >= 0.6 is 15.9 Å². The lowest BCUT2D eigenvalue weighted by Crippen LogP contribution is -2.24. The summed E-state index contributed by atoms with van der Waals surface area (Å²) in [6, 6.07) is 7.89. The van der Waals surface area contributed by atoms with Crippen LogP contribution in [0.1, 0.15) is 5.56 Å². The molecule has 1 aliphatic heterocycles. The van der Waals surface area contributed by atoms with E-state index in [0.29, 0.717) is 13.1 Å². The van der Waals surface area contributed by atoms with Crippen LogP contribution in [0.4, 0.5) is 4.79 Å². The van der Waals surface area contributed by atoms with Gasteiger partial charge in [0.1, 0.15) is 6.10 Å². The Kier molecular flexibility index (Phi) is 3.29. The SMILES string of the molecule is C=CC1CN(Cc2ccc(Br)cc2)C(=O)O1. The van der Waals surface area contributed by atoms with Gasteiger partial charge in [0.2, 0.25) is 0 Å². The summed E-state index contributed by atoms with van der Waals surface area (Å²) in [6.45, 7) is 4.78. The van der Waals surface area contributed by atoms with Crippen LogP contribution in [-0.2, 0) is 11.3 Å². The summed E-state index contributed by atoms with van der Waals surface area (Å²) in [4.78, 5) is 13.1. The molecule has 0 saturated carbocycles. The molecular formula is C12H12BrNO2. The van der Waals surface area contributed by atoms with Crippen LogP contribution in [0.25, 0.3) is 0 Å². The summed E-state index contributed by atoms with van der Waals surface area (Å²) in [6.07, 6.45) is 1.20. The molecule has 0 spiro atoms. The summed E-state index contributed by atoms with van der Waals surface area (Å²) in [5.74, 6) is 0. The van der Waals surface area contributed by atoms with Gasteiger partial charge in [-0.2, -0.15) is 0 Å². The van der Waals surface area contributed by atoms with Crippen molar-refractivity contribution in [2.45, 2.75) is 12.6 Å². The fourth-order valence-corrected chi connectivity index (χ4v) is 1.86. The molecule has 0 radical (unpaired) electrons. The molecule has 1 unspecified atom stereocenters. The number of hydrogen-bond donors (Lipinski definition) is 0. The maximum Gasteiger partial charge on any atom is 0.410 e. The maximum atomic E-state index is 11.5. The van der Waals surface area contributed by atoms with Gasteiger partial charge >= 0.3 is 6.09 Å². The molecule has 84 valence electrons. The van der Waals surface area contributed by atoms with Gasteiger partial charge in [-0.1, -0.05) is 34.6 Å². The highest BCUT2D eigenvalue weighted by atomic mass is 79.9. The molecule has 1 aromatic rings. The van der Waals surface area contributed by atoms with Gasteiger partial charge in [-0.25, -0.2) is 4.79 Å². The predicted octanol–water partition coefficient (Wildman–Crippen LogP) is 2.96. The van der Waals surface area contributed by atoms with E-state index in [1.165, 1.54) is 0 Å². The standard InChI is InChI=1S/C12H12BrNO2/c1-2-11-8-14(12(15)16-11)7-9-3-5-10(13)6-4-9/h2-6,11H,1,7-8H2. The molecule has 1 aliphatic rings. The average Bonchev–Trinajstić information content (AvgIpc) is 2.63. The van der Waals surface area contributed by atoms with E-state index in [-0.39, 0.29) is 12.2 Å². The Morgan fingerprint density at radius 3 is 2.75 bits per heavy atom. The minimum absolute atomic E-state index is 0.178. The number of rotatable bonds is 3. The lowest BCUT2D eigenvalue weighted by atomic mass is 10.2. The van der Waals surface area contributed by atoms with Gasteiger partial charge in [0.05, 0.1) is 6.54 Å². The Hall–Kier alpha value is -1.29. The molecule has 16 heavy (non-hydrogen) atoms. The van der Waals surface area contributed by atoms with E-state index in [2.05, 4.69) is 22.5 Å². The molecule has 0 N–H and O–H groups in total. The maximum absolute atomic E-state index is 11.5. The van der Waals surface area contributed by atoms with E-state index < -0.39 is 0 Å². The quantitative estimate of drug-likeness (QED) is 0.798. The summed E-state index contributed by atoms with van der Waals surface area (Å²) >= 11 is 3.37. The number of cyclic esters (lactones) is 1. The van der Waals surface area contributed by atoms with Crippen molar-refractivity contribution in [1.29, 1.82) is 0 Å². The fourth-order valence-electron chi connectivity index (χ4n) is 1.59. The van der Waals surface area contributed by atoms with Gasteiger partial charge in [-0.05, 0) is 23.8 Å². The van der Waals surface area contributed by atoms with Crippen molar-refractivity contribution in [2.24, 2.45) is 0 Å². The first-order chi connectivity index (χ1) is 7.69. The highest BCUT2D eigenvalue weighted by Crippen LogP contribution is 2.17. The monoisotopic (exact) mass is 281 g/mol. The van der Waals surface area contributed by atoms with Crippen LogP contribution < -0.4 is 0 Å². The first-order valence-corrected chi connectivity index (χ1v) is 5.81. The predicted molar refractivity (Wildman–Crippen MR) is 65.0 cm³/mol. The van der Waals surface area contributed by atoms with Crippen molar-refractivity contribution < 1.29 is 9.53 Å². The Labute approximate surface area is 103 Å². The topological polar surface area (TPSA) is 29.5 Å². The van der Waals surface area contributed by atoms with E-state index in [4.69, 9.17) is 4.74 Å². The second kappa shape index (κ2) is 4.70. The molecule has 1 fully saturated rings. The highest BCUT2D eigenvalue weighted by molar-refractivity contribution is 9.10. The largest absolute Gasteiger partial charge is 0.440 e. The molecule has 0 bridgehead atoms. The molecule has 0 aromatic heterocycles. The lowest BCUT2D eigenvalue weighted by Gasteiger charge is -2.12. The number of amides is 1. The zero-order chi connectivity index (χ0) is 11.5. The van der Waals surface area contributed by atoms with E-state index >= 15 is 0 Å². The molecule has 1 saturated heterocycles. The minimum atomic E-state index is -0.271. The van der Waals surface area contributed by atoms with Crippen molar-refractivity contribution in [1.82, 2.24) is 4.90 Å². The second-order valence-electron chi connectivity index (χ2n) is 3.66. The summed E-state index contributed by atoms with van der Waals surface area (Å²) in [5.41, 5.74) is 1.09. The number of ether oxygens (including phenoxy) is 1. The number of carbonyl (C=O) groups excluding carboxylic acids is 1. The van der Waals surface area contributed by atoms with Crippen LogP contribution in [0.5, 0.6) is 0 Å². The Bertz CT molecular complexity index is 402. The third-order valence-corrected chi connectivity index (χ3v) is 2.99. The van der Waals surface area contributed by atoms with Crippen molar-refractivity contribution in [3.63, 3.8) is 0 Å². The van der Waals surface area contributed by atoms with Crippen LogP contribution in [0, 0.1) is 0 Å². The Morgan fingerprint density at radius 2 is 2.19 bits per heavy atom. The van der Waals surface area contributed by atoms with E-state index in [1.54, 1.807) is 11.0 Å². The number of nitrogens with zero attached hydrogens (tertiary/aromatic N) is 1. The molecule has 3 nitrogen and oxygen atoms in total. The second-order valence-corrected chi connectivity index (χ2v) is 4.58. The van der Waals surface area contributed by atoms with E-state index in [9.17, 15) is 4.79 Å². The van der Waals surface area contributed by atoms with Crippen LogP contribution in [-0.4, -0.2) is 23.6 Å². The molecule has 1 atom stereocenters. The zero-order valence-electron chi connectivity index (χ0n) is 8.73. The van der Waals surface area contributed by atoms with Gasteiger partial charge in [-0.3, -0.25) is 4.90 Å². The van der Waals surface area contributed by atoms with E-state index in [1.807, 2.05) is 24.3 Å². The third kappa shape index (κ3) is 2.44. The van der Waals surface area contributed by atoms with Crippen molar-refractivity contribution in [2.75, 3.05) is 6.54 Å². The molecule has 4 heteroatoms. The first kappa shape index (κ1) is 11.2. The highest BCUT2D eigenvalue weighted by Gasteiger charge is 2.28. The Balaban J connectivity index is 2.02. The van der Waals surface area contributed by atoms with Gasteiger partial charge in [0, 0.05) is 11.0 Å². The summed E-state index contributed by atoms with van der Waals surface area (Å²) in [7, 11) is 0. The fraction of sp³-hybridized carbons (Fsp3) is 0.250. The van der Waals surface area contributed by atoms with Crippen LogP contribution in [0.2, 0.25) is 0 Å². The normalized spacial score (nSPS) is 19.7. The third-order valence-electron chi connectivity index (χ3n) is 2.46. The zero-order valence-corrected chi connectivity index (χ0v) is 10.3. The van der Waals surface area contributed by atoms with Gasteiger partial charge < -0.3 is 4.74 Å². The van der Waals surface area contributed by atoms with Crippen LogP contribution in [0.15, 0.2) is 41.4 Å². The number of carbonyl (C=O) groups is 1. The molecule has 2 rings (SSSR count). The summed E-state index contributed by atoms with van der Waals surface area (Å²) in [5, 5.41) is 0. The number of halogens is 1. The van der Waals surface area contributed by atoms with Gasteiger partial charge in [-0.15, -0.1) is 0 Å². The molecule has 1 amide bonds. The molecule has 0 aliphatic carbocycles. The molecule has 1 heterocycles. The first-order valence-electron chi connectivity index (χ1n) is 5.01. The smallest absolute Gasteiger partial charge is 0.410 e. The molecular weight excluding hydrogens is 270 g/mol. The van der Waals surface area contributed by atoms with Crippen molar-refractivity contribution in [3.05, 3.63) is 47.0 Å². The van der Waals surface area contributed by atoms with Gasteiger partial charge in [0.15, 0.2) is 0 Å². The summed E-state index contributed by atoms with van der Waals surface area (Å²) < 4.78 is 6.11. The van der Waals surface area contributed by atoms with Crippen molar-refractivity contribution >= 4 is 22.0 Å². The molecule has 1 aromatic carbocycles. The van der Waals surface area contributed by atoms with Crippen LogP contribution in [0.3, 0.4) is 0 Å². The average molecular weight is 282 g/mol. The van der Waals surface area contributed by atoms with Gasteiger partial charge in [0.25, 0.3) is 0 Å².